The number of aromatic nitrogens is 1. The van der Waals surface area contributed by atoms with Gasteiger partial charge in [-0.1, -0.05) is 49.1 Å². The van der Waals surface area contributed by atoms with E-state index in [-0.39, 0.29) is 0 Å². The van der Waals surface area contributed by atoms with Crippen LogP contribution in [0.5, 0.6) is 0 Å². The first-order chi connectivity index (χ1) is 11.0. The van der Waals surface area contributed by atoms with E-state index in [2.05, 4.69) is 79.2 Å². The highest BCUT2D eigenvalue weighted by atomic mass is 32.1. The van der Waals surface area contributed by atoms with Gasteiger partial charge in [0.25, 0.3) is 0 Å². The van der Waals surface area contributed by atoms with Crippen molar-refractivity contribution in [2.45, 2.75) is 19.6 Å². The highest BCUT2D eigenvalue weighted by Gasteiger charge is 2.17. The molecule has 0 N–H and O–H groups in total. The van der Waals surface area contributed by atoms with Gasteiger partial charge in [-0.15, -0.1) is 11.3 Å². The van der Waals surface area contributed by atoms with Crippen molar-refractivity contribution in [3.63, 3.8) is 0 Å². The van der Waals surface area contributed by atoms with Crippen molar-refractivity contribution in [3.05, 3.63) is 60.8 Å². The van der Waals surface area contributed by atoms with Crippen molar-refractivity contribution in [1.82, 2.24) is 4.98 Å². The number of hydrogen-bond acceptors (Lipinski definition) is 2. The molecule has 0 fully saturated rings. The summed E-state index contributed by atoms with van der Waals surface area (Å²) in [6.07, 6.45) is 1.96. The van der Waals surface area contributed by atoms with Gasteiger partial charge in [-0.3, -0.25) is 4.98 Å². The number of rotatable bonds is 2. The van der Waals surface area contributed by atoms with Crippen LogP contribution in [0.2, 0.25) is 19.6 Å². The first-order valence-electron chi connectivity index (χ1n) is 7.90. The molecule has 0 aliphatic carbocycles. The molecule has 4 aromatic rings. The summed E-state index contributed by atoms with van der Waals surface area (Å²) in [4.78, 5) is 4.62. The summed E-state index contributed by atoms with van der Waals surface area (Å²) < 4.78 is 2.69. The molecule has 114 valence electrons. The fourth-order valence-electron chi connectivity index (χ4n) is 2.94. The molecule has 2 heterocycles. The molecule has 2 aromatic heterocycles. The topological polar surface area (TPSA) is 12.9 Å². The second-order valence-electron chi connectivity index (χ2n) is 6.99. The number of hydrogen-bond donors (Lipinski definition) is 0. The first kappa shape index (κ1) is 14.6. The zero-order valence-electron chi connectivity index (χ0n) is 13.6. The highest BCUT2D eigenvalue weighted by molar-refractivity contribution is 7.25. The SMILES string of the molecule is C[Si](C)(C)c1ccnc(-c2ccc3sc4ccccc4c3c2)c1. The molecule has 0 saturated carbocycles. The number of nitrogens with zero attached hydrogens (tertiary/aromatic N) is 1. The minimum atomic E-state index is -1.32. The molecule has 23 heavy (non-hydrogen) atoms. The molecule has 0 spiro atoms. The number of pyridine rings is 1. The van der Waals surface area contributed by atoms with Crippen LogP contribution in [0.4, 0.5) is 0 Å². The summed E-state index contributed by atoms with van der Waals surface area (Å²) >= 11 is 1.86. The van der Waals surface area contributed by atoms with Gasteiger partial charge in [-0.05, 0) is 30.3 Å². The lowest BCUT2D eigenvalue weighted by molar-refractivity contribution is 1.34. The van der Waals surface area contributed by atoms with Crippen LogP contribution in [0.3, 0.4) is 0 Å². The zero-order valence-corrected chi connectivity index (χ0v) is 15.4. The van der Waals surface area contributed by atoms with Crippen molar-refractivity contribution in [2.75, 3.05) is 0 Å². The van der Waals surface area contributed by atoms with Gasteiger partial charge in [-0.25, -0.2) is 0 Å². The molecule has 1 nitrogen and oxygen atoms in total. The third-order valence-corrected chi connectivity index (χ3v) is 7.49. The first-order valence-corrected chi connectivity index (χ1v) is 12.2. The predicted octanol–water partition coefficient (Wildman–Crippen LogP) is 5.66. The van der Waals surface area contributed by atoms with Gasteiger partial charge in [0.15, 0.2) is 0 Å². The fourth-order valence-corrected chi connectivity index (χ4v) is 5.17. The monoisotopic (exact) mass is 333 g/mol. The summed E-state index contributed by atoms with van der Waals surface area (Å²) in [5.41, 5.74) is 2.29. The summed E-state index contributed by atoms with van der Waals surface area (Å²) in [5, 5.41) is 4.14. The van der Waals surface area contributed by atoms with Gasteiger partial charge in [0.1, 0.15) is 0 Å². The Morgan fingerprint density at radius 3 is 2.43 bits per heavy atom. The molecule has 3 heteroatoms. The predicted molar refractivity (Wildman–Crippen MR) is 106 cm³/mol. The molecule has 0 atom stereocenters. The Bertz CT molecular complexity index is 1010. The smallest absolute Gasteiger partial charge is 0.0777 e. The minimum Gasteiger partial charge on any atom is -0.256 e. The number of fused-ring (bicyclic) bond motifs is 3. The molecular formula is C20H19NSSi. The molecule has 0 radical (unpaired) electrons. The normalized spacial score (nSPS) is 12.1. The highest BCUT2D eigenvalue weighted by Crippen LogP contribution is 2.35. The molecule has 2 aromatic carbocycles. The Hall–Kier alpha value is -1.97. The number of benzene rings is 2. The Labute approximate surface area is 141 Å². The van der Waals surface area contributed by atoms with Crippen LogP contribution in [-0.4, -0.2) is 13.1 Å². The Kier molecular flexibility index (Phi) is 3.36. The largest absolute Gasteiger partial charge is 0.256 e. The molecule has 0 bridgehead atoms. The zero-order chi connectivity index (χ0) is 16.0. The van der Waals surface area contributed by atoms with E-state index < -0.39 is 8.07 Å². The van der Waals surface area contributed by atoms with Crippen LogP contribution in [0.25, 0.3) is 31.4 Å². The van der Waals surface area contributed by atoms with Crippen molar-refractivity contribution >= 4 is 44.8 Å². The second kappa shape index (κ2) is 5.29. The lowest BCUT2D eigenvalue weighted by Gasteiger charge is -2.17. The maximum absolute atomic E-state index is 4.62. The Morgan fingerprint density at radius 1 is 0.826 bits per heavy atom. The second-order valence-corrected chi connectivity index (χ2v) is 13.2. The van der Waals surface area contributed by atoms with E-state index in [0.29, 0.717) is 0 Å². The summed E-state index contributed by atoms with van der Waals surface area (Å²) in [5.74, 6) is 0. The van der Waals surface area contributed by atoms with Gasteiger partial charge >= 0.3 is 0 Å². The molecule has 0 unspecified atom stereocenters. The lowest BCUT2D eigenvalue weighted by atomic mass is 10.1. The summed E-state index contributed by atoms with van der Waals surface area (Å²) in [6.45, 7) is 7.13. The van der Waals surface area contributed by atoms with Crippen LogP contribution in [-0.2, 0) is 0 Å². The molecule has 0 aliphatic rings. The van der Waals surface area contributed by atoms with E-state index in [9.17, 15) is 0 Å². The fraction of sp³-hybridized carbons (Fsp3) is 0.150. The van der Waals surface area contributed by atoms with Crippen molar-refractivity contribution in [1.29, 1.82) is 0 Å². The minimum absolute atomic E-state index is 1.09. The number of thiophene rings is 1. The van der Waals surface area contributed by atoms with E-state index in [1.165, 1.54) is 30.9 Å². The van der Waals surface area contributed by atoms with Crippen LogP contribution in [0, 0.1) is 0 Å². The van der Waals surface area contributed by atoms with Gasteiger partial charge in [-0.2, -0.15) is 0 Å². The van der Waals surface area contributed by atoms with Crippen LogP contribution >= 0.6 is 11.3 Å². The Morgan fingerprint density at radius 2 is 1.61 bits per heavy atom. The molecule has 0 amide bonds. The quantitative estimate of drug-likeness (QED) is 0.431. The van der Waals surface area contributed by atoms with Gasteiger partial charge in [0.05, 0.1) is 13.8 Å². The van der Waals surface area contributed by atoms with Crippen LogP contribution < -0.4 is 5.19 Å². The lowest BCUT2D eigenvalue weighted by Crippen LogP contribution is -2.37. The Balaban J connectivity index is 1.91. The molecule has 0 aliphatic heterocycles. The van der Waals surface area contributed by atoms with E-state index >= 15 is 0 Å². The third kappa shape index (κ3) is 2.60. The third-order valence-electron chi connectivity index (χ3n) is 4.30. The van der Waals surface area contributed by atoms with Gasteiger partial charge < -0.3 is 0 Å². The van der Waals surface area contributed by atoms with Crippen molar-refractivity contribution in [2.24, 2.45) is 0 Å². The average molecular weight is 334 g/mol. The molecule has 0 saturated heterocycles. The van der Waals surface area contributed by atoms with Gasteiger partial charge in [0.2, 0.25) is 0 Å². The van der Waals surface area contributed by atoms with Crippen LogP contribution in [0.15, 0.2) is 60.8 Å². The van der Waals surface area contributed by atoms with E-state index in [1.807, 2.05) is 17.5 Å². The van der Waals surface area contributed by atoms with Crippen molar-refractivity contribution in [3.8, 4) is 11.3 Å². The summed E-state index contributed by atoms with van der Waals surface area (Å²) in [7, 11) is -1.32. The van der Waals surface area contributed by atoms with Gasteiger partial charge in [0, 0.05) is 31.9 Å². The average Bonchev–Trinajstić information content (AvgIpc) is 2.92. The molecular weight excluding hydrogens is 314 g/mol. The van der Waals surface area contributed by atoms with Crippen molar-refractivity contribution < 1.29 is 0 Å². The van der Waals surface area contributed by atoms with Crippen LogP contribution in [0.1, 0.15) is 0 Å². The standard InChI is InChI=1S/C20H19NSSi/c1-23(2,3)15-10-11-21-18(13-15)14-8-9-20-17(12-14)16-6-4-5-7-19(16)22-20/h4-13H,1-3H3. The maximum Gasteiger partial charge on any atom is 0.0777 e. The summed E-state index contributed by atoms with van der Waals surface area (Å²) in [6, 6.07) is 19.8. The van der Waals surface area contributed by atoms with E-state index in [0.717, 1.165) is 5.69 Å². The molecule has 4 rings (SSSR count). The van der Waals surface area contributed by atoms with E-state index in [1.54, 1.807) is 0 Å². The maximum atomic E-state index is 4.62. The van der Waals surface area contributed by atoms with E-state index in [4.69, 9.17) is 0 Å².